The molecule has 0 unspecified atom stereocenters. The van der Waals surface area contributed by atoms with Gasteiger partial charge in [0.2, 0.25) is 0 Å². The predicted octanol–water partition coefficient (Wildman–Crippen LogP) is 3.43. The lowest BCUT2D eigenvalue weighted by Crippen LogP contribution is -1.95. The molecule has 0 amide bonds. The monoisotopic (exact) mass is 190 g/mol. The lowest BCUT2D eigenvalue weighted by atomic mass is 9.98. The molecule has 1 nitrogen and oxygen atoms in total. The normalized spacial score (nSPS) is 9.93. The third kappa shape index (κ3) is 2.38. The highest BCUT2D eigenvalue weighted by molar-refractivity contribution is 5.41. The molecule has 0 N–H and O–H groups in total. The summed E-state index contributed by atoms with van der Waals surface area (Å²) in [6, 6.07) is 4.18. The summed E-state index contributed by atoms with van der Waals surface area (Å²) < 4.78 is 5.22. The Kier molecular flexibility index (Phi) is 3.75. The van der Waals surface area contributed by atoms with Crippen molar-refractivity contribution in [1.29, 1.82) is 0 Å². The molecule has 0 aliphatic heterocycles. The molecule has 0 fully saturated rings. The van der Waals surface area contributed by atoms with Crippen LogP contribution in [0.4, 0.5) is 0 Å². The minimum atomic E-state index is 0.947. The van der Waals surface area contributed by atoms with E-state index in [4.69, 9.17) is 4.74 Å². The van der Waals surface area contributed by atoms with Gasteiger partial charge in [-0.15, -0.1) is 6.58 Å². The van der Waals surface area contributed by atoms with Crippen LogP contribution < -0.4 is 4.74 Å². The molecule has 0 aliphatic rings. The number of methoxy groups -OCH3 is 1. The summed E-state index contributed by atoms with van der Waals surface area (Å²) in [5.74, 6) is 0.947. The SMILES string of the molecule is C=CCCc1c(C)cc(OC)cc1C. The van der Waals surface area contributed by atoms with Gasteiger partial charge in [0, 0.05) is 0 Å². The largest absolute Gasteiger partial charge is 0.497 e. The third-order valence-electron chi connectivity index (χ3n) is 2.50. The van der Waals surface area contributed by atoms with Crippen molar-refractivity contribution in [3.8, 4) is 5.75 Å². The zero-order valence-electron chi connectivity index (χ0n) is 9.26. The summed E-state index contributed by atoms with van der Waals surface area (Å²) in [6.45, 7) is 8.01. The molecule has 0 atom stereocenters. The molecule has 0 radical (unpaired) electrons. The molecule has 1 aromatic rings. The summed E-state index contributed by atoms with van der Waals surface area (Å²) in [7, 11) is 1.71. The van der Waals surface area contributed by atoms with E-state index in [2.05, 4.69) is 32.6 Å². The molecule has 14 heavy (non-hydrogen) atoms. The first-order valence-electron chi connectivity index (χ1n) is 4.94. The molecule has 1 aromatic carbocycles. The minimum absolute atomic E-state index is 0.947. The summed E-state index contributed by atoms with van der Waals surface area (Å²) in [4.78, 5) is 0. The summed E-state index contributed by atoms with van der Waals surface area (Å²) in [6.07, 6.45) is 4.07. The van der Waals surface area contributed by atoms with Gasteiger partial charge in [-0.2, -0.15) is 0 Å². The smallest absolute Gasteiger partial charge is 0.119 e. The zero-order chi connectivity index (χ0) is 10.6. The lowest BCUT2D eigenvalue weighted by Gasteiger charge is -2.11. The molecule has 76 valence electrons. The molecule has 1 rings (SSSR count). The van der Waals surface area contributed by atoms with Crippen molar-refractivity contribution in [3.05, 3.63) is 41.5 Å². The number of aryl methyl sites for hydroxylation is 2. The zero-order valence-corrected chi connectivity index (χ0v) is 9.26. The average Bonchev–Trinajstić information content (AvgIpc) is 2.16. The third-order valence-corrected chi connectivity index (χ3v) is 2.50. The van der Waals surface area contributed by atoms with Crippen LogP contribution in [0.25, 0.3) is 0 Å². The number of hydrogen-bond donors (Lipinski definition) is 0. The number of ether oxygens (including phenoxy) is 1. The van der Waals surface area contributed by atoms with Crippen LogP contribution in [0.3, 0.4) is 0 Å². The van der Waals surface area contributed by atoms with E-state index in [-0.39, 0.29) is 0 Å². The fourth-order valence-electron chi connectivity index (χ4n) is 1.71. The van der Waals surface area contributed by atoms with Crippen LogP contribution in [0.5, 0.6) is 5.75 Å². The molecule has 0 spiro atoms. The van der Waals surface area contributed by atoms with Gasteiger partial charge >= 0.3 is 0 Å². The van der Waals surface area contributed by atoms with Crippen LogP contribution in [0.2, 0.25) is 0 Å². The van der Waals surface area contributed by atoms with Crippen molar-refractivity contribution >= 4 is 0 Å². The molecule has 1 heteroatoms. The van der Waals surface area contributed by atoms with Gasteiger partial charge in [0.25, 0.3) is 0 Å². The molecular weight excluding hydrogens is 172 g/mol. The van der Waals surface area contributed by atoms with E-state index in [0.29, 0.717) is 0 Å². The summed E-state index contributed by atoms with van der Waals surface area (Å²) >= 11 is 0. The van der Waals surface area contributed by atoms with Crippen molar-refractivity contribution < 1.29 is 4.74 Å². The maximum absolute atomic E-state index is 5.22. The Morgan fingerprint density at radius 1 is 1.29 bits per heavy atom. The summed E-state index contributed by atoms with van der Waals surface area (Å²) in [5.41, 5.74) is 4.04. The highest BCUT2D eigenvalue weighted by Gasteiger charge is 2.04. The Labute approximate surface area is 86.4 Å². The van der Waals surface area contributed by atoms with Gasteiger partial charge in [0.15, 0.2) is 0 Å². The van der Waals surface area contributed by atoms with Crippen LogP contribution in [0.15, 0.2) is 24.8 Å². The maximum atomic E-state index is 5.22. The maximum Gasteiger partial charge on any atom is 0.119 e. The first-order valence-corrected chi connectivity index (χ1v) is 4.94. The Hall–Kier alpha value is -1.24. The second kappa shape index (κ2) is 4.85. The van der Waals surface area contributed by atoms with E-state index >= 15 is 0 Å². The lowest BCUT2D eigenvalue weighted by molar-refractivity contribution is 0.414. The van der Waals surface area contributed by atoms with E-state index in [9.17, 15) is 0 Å². The second-order valence-corrected chi connectivity index (χ2v) is 3.57. The average molecular weight is 190 g/mol. The topological polar surface area (TPSA) is 9.23 Å². The van der Waals surface area contributed by atoms with Crippen molar-refractivity contribution in [3.63, 3.8) is 0 Å². The molecule has 0 saturated carbocycles. The predicted molar refractivity (Wildman–Crippen MR) is 61.0 cm³/mol. The standard InChI is InChI=1S/C13H18O/c1-5-6-7-13-10(2)8-12(14-4)9-11(13)3/h5,8-9H,1,6-7H2,2-4H3. The molecule has 0 aliphatic carbocycles. The van der Waals surface area contributed by atoms with Crippen LogP contribution >= 0.6 is 0 Å². The molecule has 0 bridgehead atoms. The number of benzene rings is 1. The van der Waals surface area contributed by atoms with Gasteiger partial charge in [-0.25, -0.2) is 0 Å². The highest BCUT2D eigenvalue weighted by Crippen LogP contribution is 2.22. The molecular formula is C13H18O. The fourth-order valence-corrected chi connectivity index (χ4v) is 1.71. The Morgan fingerprint density at radius 2 is 1.86 bits per heavy atom. The molecule has 0 aromatic heterocycles. The number of hydrogen-bond acceptors (Lipinski definition) is 1. The van der Waals surface area contributed by atoms with Crippen LogP contribution in [-0.4, -0.2) is 7.11 Å². The van der Waals surface area contributed by atoms with Crippen LogP contribution in [0, 0.1) is 13.8 Å². The van der Waals surface area contributed by atoms with E-state index in [0.717, 1.165) is 18.6 Å². The quantitative estimate of drug-likeness (QED) is 0.661. The van der Waals surface area contributed by atoms with Crippen molar-refractivity contribution in [2.45, 2.75) is 26.7 Å². The number of allylic oxidation sites excluding steroid dienone is 1. The van der Waals surface area contributed by atoms with Gasteiger partial charge in [0.1, 0.15) is 5.75 Å². The van der Waals surface area contributed by atoms with E-state index in [1.807, 2.05) is 6.08 Å². The highest BCUT2D eigenvalue weighted by atomic mass is 16.5. The second-order valence-electron chi connectivity index (χ2n) is 3.57. The summed E-state index contributed by atoms with van der Waals surface area (Å²) in [5, 5.41) is 0. The minimum Gasteiger partial charge on any atom is -0.497 e. The van der Waals surface area contributed by atoms with Crippen molar-refractivity contribution in [2.24, 2.45) is 0 Å². The van der Waals surface area contributed by atoms with Crippen molar-refractivity contribution in [2.75, 3.05) is 7.11 Å². The van der Waals surface area contributed by atoms with E-state index < -0.39 is 0 Å². The molecule has 0 saturated heterocycles. The van der Waals surface area contributed by atoms with Gasteiger partial charge in [-0.3, -0.25) is 0 Å². The molecule has 0 heterocycles. The first-order chi connectivity index (χ1) is 6.69. The van der Waals surface area contributed by atoms with E-state index in [1.54, 1.807) is 7.11 Å². The fraction of sp³-hybridized carbons (Fsp3) is 0.385. The number of rotatable bonds is 4. The van der Waals surface area contributed by atoms with Gasteiger partial charge in [0.05, 0.1) is 7.11 Å². The van der Waals surface area contributed by atoms with Gasteiger partial charge in [-0.05, 0) is 55.5 Å². The Morgan fingerprint density at radius 3 is 2.29 bits per heavy atom. The Bertz CT molecular complexity index is 303. The first kappa shape index (κ1) is 10.8. The van der Waals surface area contributed by atoms with Crippen LogP contribution in [0.1, 0.15) is 23.1 Å². The van der Waals surface area contributed by atoms with Crippen LogP contribution in [-0.2, 0) is 6.42 Å². The Balaban J connectivity index is 2.98. The van der Waals surface area contributed by atoms with Gasteiger partial charge in [-0.1, -0.05) is 6.08 Å². The van der Waals surface area contributed by atoms with E-state index in [1.165, 1.54) is 16.7 Å². The van der Waals surface area contributed by atoms with Gasteiger partial charge < -0.3 is 4.74 Å². The van der Waals surface area contributed by atoms with Crippen molar-refractivity contribution in [1.82, 2.24) is 0 Å².